The lowest BCUT2D eigenvalue weighted by Crippen LogP contribution is -2.70. The average Bonchev–Trinajstić information content (AvgIpc) is 3.14. The van der Waals surface area contributed by atoms with Crippen molar-refractivity contribution in [3.8, 4) is 0 Å². The lowest BCUT2D eigenvalue weighted by atomic mass is 9.55. The molecule has 6 atom stereocenters. The van der Waals surface area contributed by atoms with Crippen LogP contribution in [0.1, 0.15) is 80.2 Å². The van der Waals surface area contributed by atoms with Crippen molar-refractivity contribution in [3.63, 3.8) is 0 Å². The fourth-order valence-corrected chi connectivity index (χ4v) is 6.38. The number of para-hydroxylation sites is 1. The zero-order valence-electron chi connectivity index (χ0n) is 26.6. The zero-order valence-corrected chi connectivity index (χ0v) is 26.6. The molecule has 5 N–H and O–H groups in total. The van der Waals surface area contributed by atoms with Gasteiger partial charge in [-0.3, -0.25) is 9.69 Å². The van der Waals surface area contributed by atoms with E-state index in [1.165, 1.54) is 11.0 Å². The number of amides is 1. The molecule has 230 valence electrons. The average molecular weight is 573 g/mol. The highest BCUT2D eigenvalue weighted by atomic mass is 16.6. The Morgan fingerprint density at radius 1 is 1.17 bits per heavy atom. The van der Waals surface area contributed by atoms with Gasteiger partial charge in [0.15, 0.2) is 17.5 Å². The quantitative estimate of drug-likeness (QED) is 0.335. The van der Waals surface area contributed by atoms with Crippen LogP contribution in [0.3, 0.4) is 0 Å². The summed E-state index contributed by atoms with van der Waals surface area (Å²) in [5.74, 6) is -0.935. The summed E-state index contributed by atoms with van der Waals surface area (Å²) in [6.07, 6.45) is 1.45. The second-order valence-electron chi connectivity index (χ2n) is 12.5. The molecule has 41 heavy (non-hydrogen) atoms. The van der Waals surface area contributed by atoms with Crippen LogP contribution in [0.5, 0.6) is 0 Å². The minimum Gasteiger partial charge on any atom is -0.438 e. The van der Waals surface area contributed by atoms with Gasteiger partial charge in [-0.25, -0.2) is 4.79 Å². The van der Waals surface area contributed by atoms with Gasteiger partial charge in [0.25, 0.3) is 0 Å². The SMILES string of the molecule is CC.CCCC[C@@H](C)C12C=C(C)C(OC(=O)N(C)c3ccccc3C)C1(O)C(O)C(CO)=CC(N)(C(C)(C)C)C2=O. The summed E-state index contributed by atoms with van der Waals surface area (Å²) >= 11 is 0. The number of nitrogens with zero attached hydrogens (tertiary/aromatic N) is 1. The number of nitrogens with two attached hydrogens (primary N) is 1. The molecule has 3 rings (SSSR count). The van der Waals surface area contributed by atoms with E-state index in [1.54, 1.807) is 32.2 Å². The molecular formula is C33H52N2O6. The number of ether oxygens (including phenoxy) is 1. The number of benzene rings is 1. The van der Waals surface area contributed by atoms with E-state index in [0.717, 1.165) is 18.4 Å². The molecular weight excluding hydrogens is 520 g/mol. The first-order chi connectivity index (χ1) is 19.0. The molecule has 0 radical (unpaired) electrons. The summed E-state index contributed by atoms with van der Waals surface area (Å²) in [7, 11) is 1.57. The monoisotopic (exact) mass is 572 g/mol. The maximum absolute atomic E-state index is 14.8. The summed E-state index contributed by atoms with van der Waals surface area (Å²) in [6, 6.07) is 7.32. The van der Waals surface area contributed by atoms with Crippen molar-refractivity contribution < 1.29 is 29.6 Å². The van der Waals surface area contributed by atoms with Gasteiger partial charge < -0.3 is 25.8 Å². The summed E-state index contributed by atoms with van der Waals surface area (Å²) in [5.41, 5.74) is 2.39. The summed E-state index contributed by atoms with van der Waals surface area (Å²) in [6.45, 7) is 16.3. The van der Waals surface area contributed by atoms with Gasteiger partial charge in [-0.2, -0.15) is 0 Å². The van der Waals surface area contributed by atoms with Crippen molar-refractivity contribution in [2.75, 3.05) is 18.6 Å². The Labute approximate surface area is 246 Å². The Hall–Kier alpha value is -2.52. The molecule has 8 nitrogen and oxygen atoms in total. The Bertz CT molecular complexity index is 1170. The van der Waals surface area contributed by atoms with Crippen molar-refractivity contribution >= 4 is 17.6 Å². The highest BCUT2D eigenvalue weighted by Gasteiger charge is 2.73. The highest BCUT2D eigenvalue weighted by molar-refractivity contribution is 6.01. The molecule has 1 aromatic rings. The third kappa shape index (κ3) is 5.52. The number of hydrogen-bond acceptors (Lipinski definition) is 7. The largest absolute Gasteiger partial charge is 0.438 e. The third-order valence-electron chi connectivity index (χ3n) is 9.02. The fourth-order valence-electron chi connectivity index (χ4n) is 6.38. The van der Waals surface area contributed by atoms with E-state index in [2.05, 4.69) is 0 Å². The Morgan fingerprint density at radius 2 is 1.76 bits per heavy atom. The van der Waals surface area contributed by atoms with Crippen molar-refractivity contribution in [1.29, 1.82) is 0 Å². The van der Waals surface area contributed by atoms with Crippen LogP contribution in [0, 0.1) is 23.7 Å². The number of carbonyl (C=O) groups is 2. The number of carbonyl (C=O) groups excluding carboxylic acids is 2. The molecule has 0 aliphatic heterocycles. The van der Waals surface area contributed by atoms with Crippen LogP contribution in [-0.4, -0.2) is 64.2 Å². The molecule has 2 aliphatic carbocycles. The molecule has 5 unspecified atom stereocenters. The Morgan fingerprint density at radius 3 is 2.27 bits per heavy atom. The molecule has 0 bridgehead atoms. The molecule has 1 aromatic carbocycles. The number of anilines is 1. The number of fused-ring (bicyclic) bond motifs is 1. The number of Topliss-reactive ketones (excluding diaryl/α,β-unsaturated/α-hetero) is 1. The van der Waals surface area contributed by atoms with E-state index in [0.29, 0.717) is 17.7 Å². The van der Waals surface area contributed by atoms with E-state index in [9.17, 15) is 24.9 Å². The molecule has 2 aliphatic rings. The predicted molar refractivity (Wildman–Crippen MR) is 164 cm³/mol. The maximum atomic E-state index is 14.8. The maximum Gasteiger partial charge on any atom is 0.414 e. The molecule has 0 spiro atoms. The van der Waals surface area contributed by atoms with Crippen LogP contribution in [-0.2, 0) is 9.53 Å². The predicted octanol–water partition coefficient (Wildman–Crippen LogP) is 5.07. The fraction of sp³-hybridized carbons (Fsp3) is 0.636. The number of hydrogen-bond donors (Lipinski definition) is 4. The van der Waals surface area contributed by atoms with E-state index in [4.69, 9.17) is 10.5 Å². The lowest BCUT2D eigenvalue weighted by molar-refractivity contribution is -0.192. The smallest absolute Gasteiger partial charge is 0.414 e. The van der Waals surface area contributed by atoms with Crippen molar-refractivity contribution in [2.45, 2.75) is 105 Å². The van der Waals surface area contributed by atoms with Crippen LogP contribution >= 0.6 is 0 Å². The normalized spacial score (nSPS) is 30.2. The molecule has 0 heterocycles. The highest BCUT2D eigenvalue weighted by Crippen LogP contribution is 2.59. The Kier molecular flexibility index (Phi) is 10.8. The number of aliphatic hydroxyl groups excluding tert-OH is 2. The second kappa shape index (κ2) is 12.8. The molecule has 0 aromatic heterocycles. The van der Waals surface area contributed by atoms with Crippen molar-refractivity contribution in [1.82, 2.24) is 0 Å². The first-order valence-electron chi connectivity index (χ1n) is 14.8. The van der Waals surface area contributed by atoms with Crippen LogP contribution in [0.4, 0.5) is 10.5 Å². The minimum absolute atomic E-state index is 0.0178. The molecule has 0 saturated carbocycles. The van der Waals surface area contributed by atoms with Gasteiger partial charge in [-0.15, -0.1) is 0 Å². The topological polar surface area (TPSA) is 133 Å². The lowest BCUT2D eigenvalue weighted by Gasteiger charge is -2.51. The van der Waals surface area contributed by atoms with Crippen LogP contribution in [0.25, 0.3) is 0 Å². The molecule has 8 heteroatoms. The summed E-state index contributed by atoms with van der Waals surface area (Å²) in [5, 5.41) is 34.9. The third-order valence-corrected chi connectivity index (χ3v) is 9.02. The standard InChI is InChI=1S/C31H46N2O6.C2H6/c1-9-10-14-21(4)29-16-20(3)25(39-27(37)33(8)23-15-12-11-13-19(23)2)31(29,38)24(35)22(18-34)17-30(32,26(29)36)28(5,6)7;1-2/h11-13,15-17,21,24-25,34-35,38H,9-10,14,18,32H2,1-8H3;1-2H3/t21-,24?,25?,29?,30?,31?;/m1./s1. The summed E-state index contributed by atoms with van der Waals surface area (Å²) < 4.78 is 5.97. The molecule has 0 saturated heterocycles. The van der Waals surface area contributed by atoms with E-state index < -0.39 is 58.6 Å². The van der Waals surface area contributed by atoms with Crippen LogP contribution in [0.2, 0.25) is 0 Å². The number of rotatable bonds is 7. The zero-order chi connectivity index (χ0) is 31.6. The Balaban J connectivity index is 0.00000287. The van der Waals surface area contributed by atoms with Gasteiger partial charge in [-0.1, -0.05) is 91.7 Å². The van der Waals surface area contributed by atoms with Gasteiger partial charge in [0, 0.05) is 12.7 Å². The van der Waals surface area contributed by atoms with Gasteiger partial charge in [0.1, 0.15) is 6.10 Å². The van der Waals surface area contributed by atoms with Crippen LogP contribution in [0.15, 0.2) is 47.6 Å². The van der Waals surface area contributed by atoms with Gasteiger partial charge in [-0.05, 0) is 54.4 Å². The van der Waals surface area contributed by atoms with E-state index in [1.807, 2.05) is 67.5 Å². The van der Waals surface area contributed by atoms with E-state index >= 15 is 0 Å². The van der Waals surface area contributed by atoms with E-state index in [-0.39, 0.29) is 5.57 Å². The summed E-state index contributed by atoms with van der Waals surface area (Å²) in [4.78, 5) is 29.6. The number of aliphatic hydroxyl groups is 3. The van der Waals surface area contributed by atoms with Crippen molar-refractivity contribution in [3.05, 3.63) is 53.1 Å². The number of ketones is 1. The van der Waals surface area contributed by atoms with Gasteiger partial charge in [0.2, 0.25) is 0 Å². The van der Waals surface area contributed by atoms with Crippen LogP contribution < -0.4 is 10.6 Å². The molecule has 0 fully saturated rings. The number of aryl methyl sites for hydroxylation is 1. The first-order valence-corrected chi connectivity index (χ1v) is 14.8. The molecule has 1 amide bonds. The van der Waals surface area contributed by atoms with Gasteiger partial charge in [0.05, 0.1) is 17.6 Å². The second-order valence-corrected chi connectivity index (χ2v) is 12.5. The minimum atomic E-state index is -2.30. The van der Waals surface area contributed by atoms with Crippen molar-refractivity contribution in [2.24, 2.45) is 22.5 Å². The van der Waals surface area contributed by atoms with Gasteiger partial charge >= 0.3 is 6.09 Å². The first kappa shape index (κ1) is 34.7. The number of unbranched alkanes of at least 4 members (excludes halogenated alkanes) is 1.